The van der Waals surface area contributed by atoms with Gasteiger partial charge in [-0.05, 0) is 50.5 Å². The molecule has 1 saturated heterocycles. The van der Waals surface area contributed by atoms with Gasteiger partial charge in [0, 0.05) is 13.1 Å². The van der Waals surface area contributed by atoms with Crippen molar-refractivity contribution in [3.63, 3.8) is 0 Å². The number of nitrogens with one attached hydrogen (secondary N) is 1. The van der Waals surface area contributed by atoms with Crippen molar-refractivity contribution in [1.82, 2.24) is 10.2 Å². The molecular weight excluding hydrogens is 356 g/mol. The van der Waals surface area contributed by atoms with Crippen LogP contribution in [0.3, 0.4) is 0 Å². The molecule has 1 aliphatic heterocycles. The number of carbonyl (C=O) groups excluding carboxylic acids is 3. The Bertz CT molecular complexity index is 478. The Balaban J connectivity index is 2.68. The van der Waals surface area contributed by atoms with Gasteiger partial charge in [-0.2, -0.15) is 11.8 Å². The smallest absolute Gasteiger partial charge is 0.408 e. The minimum atomic E-state index is -1.01. The molecule has 26 heavy (non-hydrogen) atoms. The number of rotatable bonds is 8. The van der Waals surface area contributed by atoms with Gasteiger partial charge in [-0.15, -0.1) is 0 Å². The number of carbonyl (C=O) groups is 3. The number of esters is 1. The molecule has 4 atom stereocenters. The zero-order valence-corrected chi connectivity index (χ0v) is 17.3. The van der Waals surface area contributed by atoms with E-state index in [1.54, 1.807) is 18.7 Å². The molecule has 0 saturated carbocycles. The lowest BCUT2D eigenvalue weighted by Crippen LogP contribution is -2.53. The topological polar surface area (TPSA) is 84.9 Å². The van der Waals surface area contributed by atoms with Gasteiger partial charge in [0.1, 0.15) is 6.04 Å². The van der Waals surface area contributed by atoms with Crippen molar-refractivity contribution in [2.75, 3.05) is 31.7 Å². The first-order valence-corrected chi connectivity index (χ1v) is 10.6. The predicted molar refractivity (Wildman–Crippen MR) is 102 cm³/mol. The fourth-order valence-electron chi connectivity index (χ4n) is 3.20. The zero-order chi connectivity index (χ0) is 19.7. The summed E-state index contributed by atoms with van der Waals surface area (Å²) in [4.78, 5) is 38.5. The molecule has 1 fully saturated rings. The summed E-state index contributed by atoms with van der Waals surface area (Å²) in [5, 5.41) is 2.63. The summed E-state index contributed by atoms with van der Waals surface area (Å²) in [5.41, 5.74) is 0. The molecule has 0 aliphatic carbocycles. The van der Waals surface area contributed by atoms with Gasteiger partial charge in [0.15, 0.2) is 6.10 Å². The number of ether oxygens (including phenoxy) is 2. The summed E-state index contributed by atoms with van der Waals surface area (Å²) < 4.78 is 9.87. The maximum absolute atomic E-state index is 12.9. The minimum Gasteiger partial charge on any atom is -0.463 e. The molecule has 0 bridgehead atoms. The zero-order valence-electron chi connectivity index (χ0n) is 16.4. The van der Waals surface area contributed by atoms with E-state index < -0.39 is 24.2 Å². The molecule has 8 heteroatoms. The summed E-state index contributed by atoms with van der Waals surface area (Å²) in [5.74, 6) is 0.939. The molecule has 0 aromatic heterocycles. The lowest BCUT2D eigenvalue weighted by molar-refractivity contribution is -0.152. The molecular formula is C18H32N2O5S. The van der Waals surface area contributed by atoms with Crippen molar-refractivity contribution in [3.8, 4) is 0 Å². The average Bonchev–Trinajstić information content (AvgIpc) is 2.57. The predicted octanol–water partition coefficient (Wildman–Crippen LogP) is 2.29. The van der Waals surface area contributed by atoms with Crippen LogP contribution < -0.4 is 5.32 Å². The van der Waals surface area contributed by atoms with Gasteiger partial charge >= 0.3 is 12.1 Å². The van der Waals surface area contributed by atoms with Crippen molar-refractivity contribution < 1.29 is 23.9 Å². The second-order valence-corrected chi connectivity index (χ2v) is 7.95. The number of amides is 2. The molecule has 1 rings (SSSR count). The Morgan fingerprint density at radius 2 is 1.85 bits per heavy atom. The average molecular weight is 389 g/mol. The molecule has 1 heterocycles. The third-order valence-corrected chi connectivity index (χ3v) is 4.93. The standard InChI is InChI=1S/C18H32N2O5S/c1-6-24-17(22)14(4)25-18(23)19-15(7-8-26-5)16(21)20-10-12(2)9-13(3)11-20/h12-15H,6-11H2,1-5H3,(H,19,23)/t12?,13?,14-,15-/m0/s1. The van der Waals surface area contributed by atoms with Crippen molar-refractivity contribution in [3.05, 3.63) is 0 Å². The van der Waals surface area contributed by atoms with Crippen LogP contribution in [0.5, 0.6) is 0 Å². The first kappa shape index (κ1) is 22.6. The molecule has 0 aromatic carbocycles. The Morgan fingerprint density at radius 1 is 1.23 bits per heavy atom. The van der Waals surface area contributed by atoms with Crippen molar-refractivity contribution in [1.29, 1.82) is 0 Å². The molecule has 0 radical (unpaired) electrons. The van der Waals surface area contributed by atoms with E-state index in [4.69, 9.17) is 9.47 Å². The van der Waals surface area contributed by atoms with Crippen molar-refractivity contribution in [2.24, 2.45) is 11.8 Å². The van der Waals surface area contributed by atoms with Gasteiger partial charge in [-0.1, -0.05) is 13.8 Å². The van der Waals surface area contributed by atoms with Crippen LogP contribution >= 0.6 is 11.8 Å². The van der Waals surface area contributed by atoms with Crippen LogP contribution in [0.15, 0.2) is 0 Å². The summed E-state index contributed by atoms with van der Waals surface area (Å²) >= 11 is 1.61. The first-order valence-electron chi connectivity index (χ1n) is 9.19. The summed E-state index contributed by atoms with van der Waals surface area (Å²) in [6, 6.07) is -0.651. The largest absolute Gasteiger partial charge is 0.463 e. The van der Waals surface area contributed by atoms with E-state index in [0.717, 1.165) is 12.2 Å². The van der Waals surface area contributed by atoms with Gasteiger partial charge < -0.3 is 19.7 Å². The second kappa shape index (κ2) is 11.3. The quantitative estimate of drug-likeness (QED) is 0.642. The SMILES string of the molecule is CCOC(=O)[C@H](C)OC(=O)N[C@@H](CCSC)C(=O)N1CC(C)CC(C)C1. The second-order valence-electron chi connectivity index (χ2n) is 6.97. The fraction of sp³-hybridized carbons (Fsp3) is 0.833. The molecule has 0 spiro atoms. The van der Waals surface area contributed by atoms with Crippen LogP contribution in [0, 0.1) is 11.8 Å². The maximum atomic E-state index is 12.9. The highest BCUT2D eigenvalue weighted by molar-refractivity contribution is 7.98. The van der Waals surface area contributed by atoms with Crippen molar-refractivity contribution >= 4 is 29.7 Å². The lowest BCUT2D eigenvalue weighted by atomic mass is 9.91. The third kappa shape index (κ3) is 7.43. The molecule has 7 nitrogen and oxygen atoms in total. The molecule has 150 valence electrons. The summed E-state index contributed by atoms with van der Waals surface area (Å²) in [6.45, 7) is 9.02. The van der Waals surface area contributed by atoms with E-state index in [0.29, 0.717) is 31.3 Å². The van der Waals surface area contributed by atoms with E-state index in [-0.39, 0.29) is 12.5 Å². The van der Waals surface area contributed by atoms with Crippen LogP contribution in [0.2, 0.25) is 0 Å². The van der Waals surface area contributed by atoms with E-state index in [1.807, 2.05) is 11.2 Å². The monoisotopic (exact) mass is 388 g/mol. The third-order valence-electron chi connectivity index (χ3n) is 4.28. The molecule has 2 amide bonds. The normalized spacial score (nSPS) is 22.3. The van der Waals surface area contributed by atoms with Crippen LogP contribution in [-0.4, -0.2) is 66.7 Å². The maximum Gasteiger partial charge on any atom is 0.408 e. The Kier molecular flexibility index (Phi) is 9.83. The number of hydrogen-bond acceptors (Lipinski definition) is 6. The van der Waals surface area contributed by atoms with Gasteiger partial charge in [0.25, 0.3) is 0 Å². The lowest BCUT2D eigenvalue weighted by Gasteiger charge is -2.37. The molecule has 0 aromatic rings. The molecule has 2 unspecified atom stereocenters. The first-order chi connectivity index (χ1) is 12.3. The minimum absolute atomic E-state index is 0.0850. The highest BCUT2D eigenvalue weighted by Crippen LogP contribution is 2.22. The van der Waals surface area contributed by atoms with Crippen molar-refractivity contribution in [2.45, 2.75) is 52.7 Å². The van der Waals surface area contributed by atoms with Gasteiger partial charge in [-0.25, -0.2) is 9.59 Å². The van der Waals surface area contributed by atoms with Gasteiger partial charge in [-0.3, -0.25) is 4.79 Å². The highest BCUT2D eigenvalue weighted by Gasteiger charge is 2.31. The van der Waals surface area contributed by atoms with Crippen LogP contribution in [-0.2, 0) is 19.1 Å². The Hall–Kier alpha value is -1.44. The number of nitrogens with zero attached hydrogens (tertiary/aromatic N) is 1. The highest BCUT2D eigenvalue weighted by atomic mass is 32.2. The van der Waals surface area contributed by atoms with Crippen LogP contribution in [0.25, 0.3) is 0 Å². The number of piperidine rings is 1. The Labute approximate surface area is 160 Å². The fourth-order valence-corrected chi connectivity index (χ4v) is 3.67. The number of hydrogen-bond donors (Lipinski definition) is 1. The van der Waals surface area contributed by atoms with Gasteiger partial charge in [0.2, 0.25) is 5.91 Å². The van der Waals surface area contributed by atoms with Crippen LogP contribution in [0.1, 0.15) is 40.5 Å². The summed E-state index contributed by atoms with van der Waals surface area (Å²) in [7, 11) is 0. The van der Waals surface area contributed by atoms with E-state index in [1.165, 1.54) is 6.92 Å². The number of thioether (sulfide) groups is 1. The number of likely N-dealkylation sites (tertiary alicyclic amines) is 1. The van der Waals surface area contributed by atoms with Gasteiger partial charge in [0.05, 0.1) is 6.61 Å². The summed E-state index contributed by atoms with van der Waals surface area (Å²) in [6.07, 6.45) is 1.78. The molecule has 1 aliphatic rings. The van der Waals surface area contributed by atoms with E-state index >= 15 is 0 Å². The molecule has 1 N–H and O–H groups in total. The number of alkyl carbamates (subject to hydrolysis) is 1. The van der Waals surface area contributed by atoms with E-state index in [2.05, 4.69) is 19.2 Å². The Morgan fingerprint density at radius 3 is 2.38 bits per heavy atom. The van der Waals surface area contributed by atoms with Crippen LogP contribution in [0.4, 0.5) is 4.79 Å². The van der Waals surface area contributed by atoms with E-state index in [9.17, 15) is 14.4 Å².